The Morgan fingerprint density at radius 1 is 0.944 bits per heavy atom. The molecule has 0 aliphatic heterocycles. The maximum absolute atomic E-state index is 5.60. The molecule has 2 saturated carbocycles. The van der Waals surface area contributed by atoms with Crippen LogP contribution in [0.5, 0.6) is 0 Å². The maximum Gasteiger partial charge on any atom is 0.0644 e. The van der Waals surface area contributed by atoms with Crippen molar-refractivity contribution < 1.29 is 4.74 Å². The van der Waals surface area contributed by atoms with Gasteiger partial charge < -0.3 is 4.74 Å². The topological polar surface area (TPSA) is 9.23 Å². The Bertz CT molecular complexity index is 232. The SMILES string of the molecule is C=CCOC[C@H]1CC[C@H](C2CCC(C)CC2)CC1. The minimum Gasteiger partial charge on any atom is -0.377 e. The predicted octanol–water partition coefficient (Wildman–Crippen LogP) is 4.82. The molecule has 18 heavy (non-hydrogen) atoms. The van der Waals surface area contributed by atoms with E-state index in [9.17, 15) is 0 Å². The van der Waals surface area contributed by atoms with Crippen LogP contribution in [0, 0.1) is 23.7 Å². The highest BCUT2D eigenvalue weighted by atomic mass is 16.5. The van der Waals surface area contributed by atoms with Crippen LogP contribution in [-0.2, 0) is 4.74 Å². The van der Waals surface area contributed by atoms with Crippen LogP contribution in [0.4, 0.5) is 0 Å². The third-order valence-corrected chi connectivity index (χ3v) is 5.21. The van der Waals surface area contributed by atoms with Crippen molar-refractivity contribution in [2.75, 3.05) is 13.2 Å². The lowest BCUT2D eigenvalue weighted by Crippen LogP contribution is -2.26. The molecule has 0 unspecified atom stereocenters. The van der Waals surface area contributed by atoms with Gasteiger partial charge in [-0.05, 0) is 62.2 Å². The maximum atomic E-state index is 5.60. The van der Waals surface area contributed by atoms with Gasteiger partial charge in [0, 0.05) is 6.61 Å². The second-order valence-corrected chi connectivity index (χ2v) is 6.63. The van der Waals surface area contributed by atoms with Gasteiger partial charge in [0.2, 0.25) is 0 Å². The highest BCUT2D eigenvalue weighted by Gasteiger charge is 2.29. The molecule has 2 aliphatic rings. The van der Waals surface area contributed by atoms with E-state index in [0.29, 0.717) is 0 Å². The molecule has 2 rings (SSSR count). The Balaban J connectivity index is 1.65. The van der Waals surface area contributed by atoms with Crippen molar-refractivity contribution in [1.29, 1.82) is 0 Å². The molecule has 0 heterocycles. The van der Waals surface area contributed by atoms with Crippen LogP contribution in [0.25, 0.3) is 0 Å². The second-order valence-electron chi connectivity index (χ2n) is 6.63. The first-order valence-corrected chi connectivity index (χ1v) is 7.98. The lowest BCUT2D eigenvalue weighted by molar-refractivity contribution is 0.0792. The molecular weight excluding hydrogens is 220 g/mol. The Hall–Kier alpha value is -0.300. The second kappa shape index (κ2) is 7.33. The molecule has 0 aromatic heterocycles. The van der Waals surface area contributed by atoms with Crippen molar-refractivity contribution in [1.82, 2.24) is 0 Å². The fraction of sp³-hybridized carbons (Fsp3) is 0.882. The molecule has 0 aromatic rings. The quantitative estimate of drug-likeness (QED) is 0.502. The van der Waals surface area contributed by atoms with Crippen molar-refractivity contribution in [3.63, 3.8) is 0 Å². The van der Waals surface area contributed by atoms with Crippen molar-refractivity contribution in [3.8, 4) is 0 Å². The van der Waals surface area contributed by atoms with Crippen LogP contribution in [-0.4, -0.2) is 13.2 Å². The summed E-state index contributed by atoms with van der Waals surface area (Å²) in [6.45, 7) is 7.80. The van der Waals surface area contributed by atoms with Gasteiger partial charge in [0.15, 0.2) is 0 Å². The van der Waals surface area contributed by atoms with Crippen molar-refractivity contribution in [2.24, 2.45) is 23.7 Å². The molecule has 0 bridgehead atoms. The minimum absolute atomic E-state index is 0.723. The number of hydrogen-bond acceptors (Lipinski definition) is 1. The van der Waals surface area contributed by atoms with Gasteiger partial charge in [-0.2, -0.15) is 0 Å². The smallest absolute Gasteiger partial charge is 0.0644 e. The van der Waals surface area contributed by atoms with Gasteiger partial charge in [-0.1, -0.05) is 25.8 Å². The Morgan fingerprint density at radius 2 is 1.50 bits per heavy atom. The normalized spacial score (nSPS) is 37.4. The molecule has 0 aromatic carbocycles. The van der Waals surface area contributed by atoms with Gasteiger partial charge >= 0.3 is 0 Å². The summed E-state index contributed by atoms with van der Waals surface area (Å²) in [4.78, 5) is 0. The first kappa shape index (κ1) is 14.1. The molecule has 104 valence electrons. The lowest BCUT2D eigenvalue weighted by Gasteiger charge is -2.37. The van der Waals surface area contributed by atoms with Gasteiger partial charge in [0.05, 0.1) is 6.61 Å². The molecular formula is C17H30O. The van der Waals surface area contributed by atoms with Gasteiger partial charge in [0.25, 0.3) is 0 Å². The first-order chi connectivity index (χ1) is 8.79. The van der Waals surface area contributed by atoms with Crippen LogP contribution in [0.3, 0.4) is 0 Å². The Morgan fingerprint density at radius 3 is 2.06 bits per heavy atom. The van der Waals surface area contributed by atoms with E-state index in [4.69, 9.17) is 4.74 Å². The van der Waals surface area contributed by atoms with E-state index in [0.717, 1.165) is 36.9 Å². The van der Waals surface area contributed by atoms with E-state index in [1.54, 1.807) is 0 Å². The molecule has 0 spiro atoms. The summed E-state index contributed by atoms with van der Waals surface area (Å²) in [6, 6.07) is 0. The standard InChI is InChI=1S/C17H30O/c1-3-12-18-13-15-6-10-17(11-7-15)16-8-4-14(2)5-9-16/h3,14-17H,1,4-13H2,2H3/t14?,15-,16?,17-. The fourth-order valence-corrected chi connectivity index (χ4v) is 3.90. The average Bonchev–Trinajstić information content (AvgIpc) is 2.41. The molecule has 1 heteroatoms. The molecule has 0 amide bonds. The van der Waals surface area contributed by atoms with Crippen molar-refractivity contribution in [3.05, 3.63) is 12.7 Å². The van der Waals surface area contributed by atoms with E-state index in [2.05, 4.69) is 13.5 Å². The van der Waals surface area contributed by atoms with E-state index in [1.165, 1.54) is 51.4 Å². The number of ether oxygens (including phenoxy) is 1. The van der Waals surface area contributed by atoms with Gasteiger partial charge in [-0.25, -0.2) is 0 Å². The minimum atomic E-state index is 0.723. The van der Waals surface area contributed by atoms with Gasteiger partial charge in [-0.15, -0.1) is 6.58 Å². The van der Waals surface area contributed by atoms with Crippen LogP contribution >= 0.6 is 0 Å². The highest BCUT2D eigenvalue weighted by molar-refractivity contribution is 4.81. The average molecular weight is 250 g/mol. The largest absolute Gasteiger partial charge is 0.377 e. The zero-order valence-corrected chi connectivity index (χ0v) is 12.1. The lowest BCUT2D eigenvalue weighted by atomic mass is 9.69. The number of hydrogen-bond donors (Lipinski definition) is 0. The van der Waals surface area contributed by atoms with E-state index >= 15 is 0 Å². The molecule has 2 fully saturated rings. The van der Waals surface area contributed by atoms with Crippen LogP contribution in [0.2, 0.25) is 0 Å². The summed E-state index contributed by atoms with van der Waals surface area (Å²) < 4.78 is 5.60. The highest BCUT2D eigenvalue weighted by Crippen LogP contribution is 2.41. The fourth-order valence-electron chi connectivity index (χ4n) is 3.90. The molecule has 2 aliphatic carbocycles. The summed E-state index contributed by atoms with van der Waals surface area (Å²) >= 11 is 0. The summed E-state index contributed by atoms with van der Waals surface area (Å²) in [5.41, 5.74) is 0. The molecule has 0 N–H and O–H groups in total. The van der Waals surface area contributed by atoms with Gasteiger partial charge in [0.1, 0.15) is 0 Å². The van der Waals surface area contributed by atoms with Crippen molar-refractivity contribution >= 4 is 0 Å². The Kier molecular flexibility index (Phi) is 5.75. The zero-order valence-electron chi connectivity index (χ0n) is 12.1. The summed E-state index contributed by atoms with van der Waals surface area (Å²) in [6.07, 6.45) is 13.5. The van der Waals surface area contributed by atoms with Crippen LogP contribution in [0.15, 0.2) is 12.7 Å². The summed E-state index contributed by atoms with van der Waals surface area (Å²) in [5.74, 6) is 3.90. The monoisotopic (exact) mass is 250 g/mol. The molecule has 0 saturated heterocycles. The predicted molar refractivity (Wildman–Crippen MR) is 77.6 cm³/mol. The summed E-state index contributed by atoms with van der Waals surface area (Å²) in [7, 11) is 0. The first-order valence-electron chi connectivity index (χ1n) is 7.98. The van der Waals surface area contributed by atoms with E-state index in [1.807, 2.05) is 6.08 Å². The zero-order chi connectivity index (χ0) is 12.8. The number of rotatable bonds is 5. The summed E-state index contributed by atoms with van der Waals surface area (Å²) in [5, 5.41) is 0. The third kappa shape index (κ3) is 4.12. The van der Waals surface area contributed by atoms with Gasteiger partial charge in [-0.3, -0.25) is 0 Å². The molecule has 0 atom stereocenters. The Labute approximate surface area is 113 Å². The van der Waals surface area contributed by atoms with Crippen molar-refractivity contribution in [2.45, 2.75) is 58.3 Å². The van der Waals surface area contributed by atoms with E-state index in [-0.39, 0.29) is 0 Å². The van der Waals surface area contributed by atoms with Crippen LogP contribution < -0.4 is 0 Å². The molecule has 0 radical (unpaired) electrons. The van der Waals surface area contributed by atoms with Crippen LogP contribution in [0.1, 0.15) is 58.3 Å². The molecule has 1 nitrogen and oxygen atoms in total. The third-order valence-electron chi connectivity index (χ3n) is 5.21. The van der Waals surface area contributed by atoms with E-state index < -0.39 is 0 Å².